The topological polar surface area (TPSA) is 79.8 Å². The lowest BCUT2D eigenvalue weighted by Gasteiger charge is -2.05. The normalized spacial score (nSPS) is 10.2. The van der Waals surface area contributed by atoms with E-state index in [9.17, 15) is 9.59 Å². The van der Waals surface area contributed by atoms with Crippen molar-refractivity contribution in [3.63, 3.8) is 0 Å². The lowest BCUT2D eigenvalue weighted by atomic mass is 10.2. The fraction of sp³-hybridized carbons (Fsp3) is 0.100. The first-order chi connectivity index (χ1) is 8.20. The van der Waals surface area contributed by atoms with E-state index in [-0.39, 0.29) is 17.5 Å². The summed E-state index contributed by atoms with van der Waals surface area (Å²) in [5.74, 6) is -0.418. The number of rotatable bonds is 3. The molecule has 0 atom stereocenters. The maximum absolute atomic E-state index is 11.3. The van der Waals surface area contributed by atoms with Crippen LogP contribution in [0.25, 0.3) is 5.69 Å². The molecule has 0 aliphatic heterocycles. The average molecular weight is 253 g/mol. The minimum atomic E-state index is -0.342. The van der Waals surface area contributed by atoms with E-state index in [2.05, 4.69) is 15.5 Å². The van der Waals surface area contributed by atoms with Crippen molar-refractivity contribution in [3.8, 4) is 5.69 Å². The molecule has 7 heteroatoms. The molecule has 6 nitrogen and oxygen atoms in total. The van der Waals surface area contributed by atoms with Gasteiger partial charge in [0.2, 0.25) is 5.91 Å². The summed E-state index contributed by atoms with van der Waals surface area (Å²) in [7, 11) is 0. The number of aromatic nitrogens is 3. The molecule has 1 aromatic carbocycles. The molecule has 0 fully saturated rings. The number of halogens is 1. The van der Waals surface area contributed by atoms with Gasteiger partial charge in [0, 0.05) is 5.69 Å². The van der Waals surface area contributed by atoms with Crippen molar-refractivity contribution in [2.45, 2.75) is 0 Å². The van der Waals surface area contributed by atoms with Gasteiger partial charge < -0.3 is 5.32 Å². The van der Waals surface area contributed by atoms with E-state index >= 15 is 0 Å². The van der Waals surface area contributed by atoms with Gasteiger partial charge in [-0.25, -0.2) is 14.5 Å². The molecule has 0 aliphatic rings. The van der Waals surface area contributed by atoms with Crippen LogP contribution >= 0.6 is 11.6 Å². The fourth-order valence-electron chi connectivity index (χ4n) is 1.36. The third kappa shape index (κ3) is 2.54. The molecule has 0 radical (unpaired) electrons. The molecule has 1 aromatic heterocycles. The molecular weight excluding hydrogens is 244 g/mol. The number of nitrogens with zero attached hydrogens (tertiary/aromatic N) is 2. The second-order valence-electron chi connectivity index (χ2n) is 3.26. The van der Waals surface area contributed by atoms with Crippen LogP contribution in [0.15, 0.2) is 35.4 Å². The Labute approximate surface area is 101 Å². The van der Waals surface area contributed by atoms with Crippen molar-refractivity contribution in [1.82, 2.24) is 14.8 Å². The Bertz CT molecular complexity index is 590. The smallest absolute Gasteiger partial charge is 0.325 e. The molecule has 0 bridgehead atoms. The number of carbonyl (C=O) groups is 1. The van der Waals surface area contributed by atoms with E-state index in [0.717, 1.165) is 0 Å². The Hall–Kier alpha value is -2.08. The van der Waals surface area contributed by atoms with Gasteiger partial charge in [0.1, 0.15) is 12.2 Å². The van der Waals surface area contributed by atoms with Crippen LogP contribution in [0, 0.1) is 0 Å². The number of amides is 1. The highest BCUT2D eigenvalue weighted by Crippen LogP contribution is 2.12. The van der Waals surface area contributed by atoms with Crippen molar-refractivity contribution in [1.29, 1.82) is 0 Å². The second-order valence-corrected chi connectivity index (χ2v) is 3.53. The molecule has 0 unspecified atom stereocenters. The van der Waals surface area contributed by atoms with Gasteiger partial charge in [0.25, 0.3) is 0 Å². The second kappa shape index (κ2) is 4.84. The van der Waals surface area contributed by atoms with Crippen molar-refractivity contribution >= 4 is 23.2 Å². The Balaban J connectivity index is 2.32. The predicted octanol–water partition coefficient (Wildman–Crippen LogP) is 0.738. The van der Waals surface area contributed by atoms with Crippen LogP contribution < -0.4 is 11.0 Å². The lowest BCUT2D eigenvalue weighted by molar-refractivity contribution is -0.113. The minimum Gasteiger partial charge on any atom is -0.325 e. The Morgan fingerprint density at radius 3 is 3.00 bits per heavy atom. The molecule has 2 N–H and O–H groups in total. The molecule has 0 aliphatic carbocycles. The summed E-state index contributed by atoms with van der Waals surface area (Å²) in [6.07, 6.45) is 1.37. The lowest BCUT2D eigenvalue weighted by Crippen LogP contribution is -2.15. The summed E-state index contributed by atoms with van der Waals surface area (Å²) < 4.78 is 1.33. The zero-order chi connectivity index (χ0) is 12.3. The number of carbonyl (C=O) groups excluding carboxylic acids is 1. The van der Waals surface area contributed by atoms with Crippen molar-refractivity contribution in [2.75, 3.05) is 11.2 Å². The summed E-state index contributed by atoms with van der Waals surface area (Å²) in [5.41, 5.74) is 0.836. The summed E-state index contributed by atoms with van der Waals surface area (Å²) in [6, 6.07) is 6.81. The van der Waals surface area contributed by atoms with E-state index < -0.39 is 0 Å². The van der Waals surface area contributed by atoms with E-state index in [4.69, 9.17) is 11.6 Å². The average Bonchev–Trinajstić information content (AvgIpc) is 2.75. The van der Waals surface area contributed by atoms with Crippen LogP contribution in [0.4, 0.5) is 5.69 Å². The van der Waals surface area contributed by atoms with E-state index in [0.29, 0.717) is 11.4 Å². The quantitative estimate of drug-likeness (QED) is 0.791. The SMILES string of the molecule is O=C(CCl)Nc1cccc(-n2cn[nH]c2=O)c1. The summed E-state index contributed by atoms with van der Waals surface area (Å²) in [4.78, 5) is 22.5. The number of hydrogen-bond donors (Lipinski definition) is 2. The Morgan fingerprint density at radius 1 is 1.53 bits per heavy atom. The van der Waals surface area contributed by atoms with Crippen LogP contribution in [0.1, 0.15) is 0 Å². The van der Waals surface area contributed by atoms with Crippen molar-refractivity contribution in [3.05, 3.63) is 41.1 Å². The van der Waals surface area contributed by atoms with Gasteiger partial charge in [-0.15, -0.1) is 11.6 Å². The monoisotopic (exact) mass is 252 g/mol. The molecule has 17 heavy (non-hydrogen) atoms. The molecule has 2 aromatic rings. The summed E-state index contributed by atoms with van der Waals surface area (Å²) in [6.45, 7) is 0. The molecular formula is C10H9ClN4O2. The van der Waals surface area contributed by atoms with Gasteiger partial charge in [-0.2, -0.15) is 5.10 Å². The number of alkyl halides is 1. The van der Waals surface area contributed by atoms with E-state index in [1.54, 1.807) is 24.3 Å². The highest BCUT2D eigenvalue weighted by molar-refractivity contribution is 6.29. The third-order valence-corrected chi connectivity index (χ3v) is 2.32. The largest absolute Gasteiger partial charge is 0.347 e. The predicted molar refractivity (Wildman–Crippen MR) is 63.5 cm³/mol. The van der Waals surface area contributed by atoms with Crippen LogP contribution in [0.5, 0.6) is 0 Å². The van der Waals surface area contributed by atoms with Crippen LogP contribution in [0.2, 0.25) is 0 Å². The molecule has 88 valence electrons. The van der Waals surface area contributed by atoms with Gasteiger partial charge in [-0.3, -0.25) is 4.79 Å². The Kier molecular flexibility index (Phi) is 3.24. The van der Waals surface area contributed by atoms with E-state index in [1.165, 1.54) is 10.9 Å². The minimum absolute atomic E-state index is 0.115. The third-order valence-electron chi connectivity index (χ3n) is 2.08. The summed E-state index contributed by atoms with van der Waals surface area (Å²) in [5, 5.41) is 8.51. The van der Waals surface area contributed by atoms with Gasteiger partial charge in [0.05, 0.1) is 5.69 Å². The first-order valence-corrected chi connectivity index (χ1v) is 5.32. The summed E-state index contributed by atoms with van der Waals surface area (Å²) >= 11 is 5.38. The number of nitrogens with one attached hydrogen (secondary N) is 2. The molecule has 0 saturated heterocycles. The molecule has 1 amide bonds. The van der Waals surface area contributed by atoms with Crippen LogP contribution in [0.3, 0.4) is 0 Å². The highest BCUT2D eigenvalue weighted by atomic mass is 35.5. The van der Waals surface area contributed by atoms with Gasteiger partial charge in [-0.1, -0.05) is 6.07 Å². The van der Waals surface area contributed by atoms with Gasteiger partial charge >= 0.3 is 5.69 Å². The molecule has 1 heterocycles. The first-order valence-electron chi connectivity index (χ1n) is 4.79. The van der Waals surface area contributed by atoms with Crippen molar-refractivity contribution < 1.29 is 4.79 Å². The zero-order valence-corrected chi connectivity index (χ0v) is 9.44. The fourth-order valence-corrected chi connectivity index (χ4v) is 1.43. The van der Waals surface area contributed by atoms with Gasteiger partial charge in [-0.05, 0) is 18.2 Å². The maximum Gasteiger partial charge on any atom is 0.347 e. The number of anilines is 1. The molecule has 0 spiro atoms. The molecule has 0 saturated carbocycles. The van der Waals surface area contributed by atoms with Crippen molar-refractivity contribution in [2.24, 2.45) is 0 Å². The zero-order valence-electron chi connectivity index (χ0n) is 8.68. The number of benzene rings is 1. The van der Waals surface area contributed by atoms with E-state index in [1.807, 2.05) is 0 Å². The standard InChI is InChI=1S/C10H9ClN4O2/c11-5-9(16)13-7-2-1-3-8(4-7)15-6-12-14-10(15)17/h1-4,6H,5H2,(H,13,16)(H,14,17). The molecule has 2 rings (SSSR count). The number of aromatic amines is 1. The number of hydrogen-bond acceptors (Lipinski definition) is 3. The number of H-pyrrole nitrogens is 1. The maximum atomic E-state index is 11.3. The first kappa shape index (κ1) is 11.4. The van der Waals surface area contributed by atoms with Gasteiger partial charge in [0.15, 0.2) is 0 Å². The van der Waals surface area contributed by atoms with Crippen LogP contribution in [-0.4, -0.2) is 26.6 Å². The Morgan fingerprint density at radius 2 is 2.35 bits per heavy atom. The van der Waals surface area contributed by atoms with Crippen LogP contribution in [-0.2, 0) is 4.79 Å². The highest BCUT2D eigenvalue weighted by Gasteiger charge is 2.04.